The molecule has 24 N–H and O–H groups in total. The molecule has 6 rings (SSSR count). The Balaban J connectivity index is 0.00000327. The highest BCUT2D eigenvalue weighted by molar-refractivity contribution is 6.00. The second-order valence-corrected chi connectivity index (χ2v) is 28.8. The number of aliphatic hydroxyl groups is 1. The van der Waals surface area contributed by atoms with Gasteiger partial charge in [0.25, 0.3) is 0 Å². The zero-order valence-corrected chi connectivity index (χ0v) is 64.8. The summed E-state index contributed by atoms with van der Waals surface area (Å²) < 4.78 is 31.7. The van der Waals surface area contributed by atoms with E-state index in [1.807, 2.05) is 6.08 Å². The number of hydrogen-bond donors (Lipinski definition) is 21. The van der Waals surface area contributed by atoms with E-state index in [0.29, 0.717) is 66.4 Å². The van der Waals surface area contributed by atoms with Gasteiger partial charge in [0.05, 0.1) is 44.8 Å². The maximum Gasteiger partial charge on any atom is 0.490 e. The van der Waals surface area contributed by atoms with Crippen LogP contribution in [0.3, 0.4) is 0 Å². The minimum atomic E-state index is -5.08. The first-order chi connectivity index (χ1) is 55.0. The van der Waals surface area contributed by atoms with Crippen molar-refractivity contribution in [2.45, 2.75) is 209 Å². The molecule has 0 bridgehead atoms. The Morgan fingerprint density at radius 1 is 0.578 bits per heavy atom. The lowest BCUT2D eigenvalue weighted by atomic mass is 9.97. The molecule has 4 aromatic rings. The molecule has 1 saturated heterocycles. The first-order valence-electron chi connectivity index (χ1n) is 37.9. The summed E-state index contributed by atoms with van der Waals surface area (Å²) in [5.74, 6) is -16.4. The number of carbonyl (C=O) groups is 15. The summed E-state index contributed by atoms with van der Waals surface area (Å²) in [7, 11) is 0. The van der Waals surface area contributed by atoms with Gasteiger partial charge in [-0.1, -0.05) is 69.7 Å². The van der Waals surface area contributed by atoms with Gasteiger partial charge in [-0.25, -0.2) is 19.6 Å². The van der Waals surface area contributed by atoms with Gasteiger partial charge in [0, 0.05) is 66.7 Å². The molecule has 4 heterocycles. The summed E-state index contributed by atoms with van der Waals surface area (Å²) >= 11 is 0. The fourth-order valence-electron chi connectivity index (χ4n) is 12.5. The van der Waals surface area contributed by atoms with E-state index in [2.05, 4.69) is 83.4 Å². The minimum absolute atomic E-state index is 0.00197. The zero-order chi connectivity index (χ0) is 85.8. The number of para-hydroxylation sites is 1. The number of nitrogens with one attached hydrogen (secondary N) is 14. The molecule has 1 aliphatic carbocycles. The number of unbranched alkanes of at least 4 members (excludes halogenated alkanes) is 2. The lowest BCUT2D eigenvalue weighted by Gasteiger charge is -2.30. The van der Waals surface area contributed by atoms with Gasteiger partial charge in [0.15, 0.2) is 0 Å². The Morgan fingerprint density at radius 2 is 1.08 bits per heavy atom. The summed E-state index contributed by atoms with van der Waals surface area (Å²) in [5.41, 5.74) is 20.5. The van der Waals surface area contributed by atoms with E-state index < -0.39 is 188 Å². The summed E-state index contributed by atoms with van der Waals surface area (Å²) in [5, 5.41) is 66.1. The van der Waals surface area contributed by atoms with Crippen LogP contribution in [0.25, 0.3) is 10.9 Å². The maximum atomic E-state index is 14.8. The summed E-state index contributed by atoms with van der Waals surface area (Å²) in [6.07, 6.45) is 9.35. The molecule has 0 spiro atoms. The number of aromatic nitrogens is 5. The topological polar surface area (TPSA) is 624 Å². The van der Waals surface area contributed by atoms with E-state index in [-0.39, 0.29) is 95.7 Å². The monoisotopic (exact) mass is 1640 g/mol. The molecule has 116 heavy (non-hydrogen) atoms. The maximum absolute atomic E-state index is 14.8. The van der Waals surface area contributed by atoms with Gasteiger partial charge >= 0.3 is 24.1 Å². The van der Waals surface area contributed by atoms with Crippen LogP contribution in [0.4, 0.5) is 13.2 Å². The van der Waals surface area contributed by atoms with Crippen molar-refractivity contribution in [3.05, 3.63) is 96.3 Å². The highest BCUT2D eigenvalue weighted by Crippen LogP contribution is 2.24. The smallest absolute Gasteiger partial charge is 0.481 e. The quantitative estimate of drug-likeness (QED) is 0.0208. The van der Waals surface area contributed by atoms with E-state index in [4.69, 9.17) is 27.1 Å². The van der Waals surface area contributed by atoms with Crippen molar-refractivity contribution < 1.29 is 106 Å². The second-order valence-electron chi connectivity index (χ2n) is 28.8. The van der Waals surface area contributed by atoms with Crippen molar-refractivity contribution >= 4 is 99.7 Å². The molecule has 1 aromatic carbocycles. The van der Waals surface area contributed by atoms with E-state index in [1.54, 1.807) is 70.3 Å². The number of nitrogens with zero attached hydrogens (tertiary/aromatic N) is 3. The third kappa shape index (κ3) is 32.3. The normalized spacial score (nSPS) is 15.8. The van der Waals surface area contributed by atoms with Crippen molar-refractivity contribution in [3.63, 3.8) is 0 Å². The molecule has 11 atom stereocenters. The van der Waals surface area contributed by atoms with E-state index in [9.17, 15) is 95.6 Å². The second kappa shape index (κ2) is 47.9. The molecule has 12 amide bonds. The molecular formula is C74H107F3N20O19. The predicted octanol–water partition coefficient (Wildman–Crippen LogP) is -2.24. The molecule has 0 saturated carbocycles. The third-order valence-electron chi connectivity index (χ3n) is 18.5. The fraction of sp³-hybridized carbons (Fsp3) is 0.554. The zero-order valence-electron chi connectivity index (χ0n) is 64.8. The molecule has 3 aromatic heterocycles. The van der Waals surface area contributed by atoms with Gasteiger partial charge in [0.2, 0.25) is 70.9 Å². The van der Waals surface area contributed by atoms with Gasteiger partial charge < -0.3 is 116 Å². The van der Waals surface area contributed by atoms with Gasteiger partial charge in [-0.2, -0.15) is 13.2 Å². The van der Waals surface area contributed by atoms with Crippen LogP contribution in [0.2, 0.25) is 0 Å². The average molecular weight is 1640 g/mol. The molecule has 0 unspecified atom stereocenters. The first kappa shape index (κ1) is 94.9. The number of halogens is 3. The number of likely N-dealkylation sites (tertiary alicyclic amines) is 1. The Morgan fingerprint density at radius 3 is 1.59 bits per heavy atom. The number of aromatic amines is 3. The van der Waals surface area contributed by atoms with Crippen LogP contribution < -0.4 is 75.7 Å². The molecule has 1 fully saturated rings. The van der Waals surface area contributed by atoms with Crippen LogP contribution in [0.1, 0.15) is 135 Å². The van der Waals surface area contributed by atoms with Crippen molar-refractivity contribution in [1.82, 2.24) is 88.3 Å². The number of alkyl halides is 3. The Kier molecular flexibility index (Phi) is 39.2. The number of hydrogen-bond acceptors (Lipinski definition) is 21. The number of imidazole rings is 2. The standard InChI is InChI=1S/C72H106N20O17.C2HF3O2/c1-40(2)25-51(63(99)80-36-60(95)84-55(30-45-34-77-39-82-45)71(107)92-24-14-21-58(92)70(106)89-54(31-61(96)97)68(104)85-50(20-11-13-23-74)66(102)90-56(72(108)109)27-42-15-6-5-7-16-42)86-67(103)53(28-43-32-78-48-18-9-8-17-46(43)48)88-65(101)49(19-10-12-22-73)83-59(94)35-79-64(100)52(26-41(3)4)87-69(105)57(37-93)91-62(98)47(75)29-44-33-76-38-81-44;3-2(4,5)1(6)7/h5-6,8-9,15,17-18,32-34,38-41,47,49-58,78,93H,7,10-14,16,19-31,35-37,73-75H2,1-4H3,(H,76,81)(H,77,82)(H,79,100)(H,80,99)(H,83,94)(H,84,95)(H,85,104)(H,86,103)(H,87,105)(H,88,101)(H,89,106)(H,90,102)(H,91,98)(H,96,97)(H,108,109);(H,6,7)/t47-,49-,50-,51-,52-,53-,54-,55-,56-,57-,58-;/m0./s1. The SMILES string of the molecule is CC(C)C[C@H](NC(=O)[C@H](Cc1c[nH]c2ccccc12)NC(=O)[C@H](CCCCN)NC(=O)CNC(=O)[C@H](CC(C)C)NC(=O)[C@H](CO)NC(=O)[C@@H](N)Cc1cnc[nH]1)C(=O)NCC(=O)N[C@@H](Cc1cnc[nH]1)C(=O)N1CCC[C@H]1C(=O)N[C@@H](CC(=O)O)C(=O)N[C@@H](CCCCN)C(=O)N[C@@H](CC1=CC=CCC1)C(=O)O.O=C(O)C(F)(F)F. The molecule has 2 aliphatic rings. The lowest BCUT2D eigenvalue weighted by Crippen LogP contribution is -2.59. The highest BCUT2D eigenvalue weighted by atomic mass is 19.4. The van der Waals surface area contributed by atoms with E-state index >= 15 is 0 Å². The third-order valence-corrected chi connectivity index (χ3v) is 18.5. The summed E-state index contributed by atoms with van der Waals surface area (Å²) in [6.45, 7) is 5.21. The van der Waals surface area contributed by atoms with Crippen molar-refractivity contribution in [2.75, 3.05) is 39.3 Å². The number of allylic oxidation sites excluding steroid dienone is 3. The first-order valence-corrected chi connectivity index (χ1v) is 37.9. The number of carboxylic acid groups (broad SMARTS) is 3. The molecule has 39 nitrogen and oxygen atoms in total. The number of carboxylic acids is 3. The number of H-pyrrole nitrogens is 3. The van der Waals surface area contributed by atoms with Gasteiger partial charge in [0.1, 0.15) is 60.4 Å². The van der Waals surface area contributed by atoms with Gasteiger partial charge in [-0.3, -0.25) is 62.3 Å². The number of amides is 12. The highest BCUT2D eigenvalue weighted by Gasteiger charge is 2.42. The van der Waals surface area contributed by atoms with Gasteiger partial charge in [-0.15, -0.1) is 0 Å². The van der Waals surface area contributed by atoms with Crippen LogP contribution in [-0.4, -0.2) is 251 Å². The van der Waals surface area contributed by atoms with Crippen molar-refractivity contribution in [3.8, 4) is 0 Å². The van der Waals surface area contributed by atoms with Crippen LogP contribution in [-0.2, 0) is 91.2 Å². The lowest BCUT2D eigenvalue weighted by molar-refractivity contribution is -0.192. The molecule has 42 heteroatoms. The Labute approximate surface area is 665 Å². The Hall–Kier alpha value is -11.7. The minimum Gasteiger partial charge on any atom is -0.481 e. The molecule has 0 radical (unpaired) electrons. The number of aliphatic carboxylic acids is 3. The number of benzene rings is 1. The van der Waals surface area contributed by atoms with Crippen LogP contribution in [0.5, 0.6) is 0 Å². The van der Waals surface area contributed by atoms with E-state index in [0.717, 1.165) is 10.5 Å². The van der Waals surface area contributed by atoms with Crippen molar-refractivity contribution in [1.29, 1.82) is 0 Å². The molecule has 1 aliphatic heterocycles. The fourth-order valence-corrected chi connectivity index (χ4v) is 12.5. The number of nitrogens with two attached hydrogens (primary N) is 3. The number of aliphatic hydroxyl groups excluding tert-OH is 1. The van der Waals surface area contributed by atoms with Crippen LogP contribution >= 0.6 is 0 Å². The Bertz CT molecular complexity index is 4040. The largest absolute Gasteiger partial charge is 0.490 e. The number of fused-ring (bicyclic) bond motifs is 1. The van der Waals surface area contributed by atoms with E-state index in [1.165, 1.54) is 25.0 Å². The number of rotatable bonds is 47. The van der Waals surface area contributed by atoms with Crippen LogP contribution in [0, 0.1) is 11.8 Å². The molecular weight excluding hydrogens is 1530 g/mol. The van der Waals surface area contributed by atoms with Crippen molar-refractivity contribution in [2.24, 2.45) is 29.0 Å². The molecule has 638 valence electrons. The van der Waals surface area contributed by atoms with Crippen LogP contribution in [0.15, 0.2) is 79.3 Å². The van der Waals surface area contributed by atoms with Gasteiger partial charge in [-0.05, 0) is 120 Å². The number of carbonyl (C=O) groups excluding carboxylic acids is 12. The summed E-state index contributed by atoms with van der Waals surface area (Å²) in [4.78, 5) is 220. The average Bonchev–Trinajstić information content (AvgIpc) is 1.67. The predicted molar refractivity (Wildman–Crippen MR) is 409 cm³/mol. The summed E-state index contributed by atoms with van der Waals surface area (Å²) in [6, 6.07) is -8.16.